The number of nitrogen functional groups attached to an aromatic ring is 1. The van der Waals surface area contributed by atoms with Gasteiger partial charge in [-0.3, -0.25) is 15.1 Å². The lowest BCUT2D eigenvalue weighted by atomic mass is 9.81. The third-order valence-corrected chi connectivity index (χ3v) is 8.90. The molecule has 1 saturated heterocycles. The highest BCUT2D eigenvalue weighted by molar-refractivity contribution is 6.00. The van der Waals surface area contributed by atoms with Gasteiger partial charge in [0, 0.05) is 35.4 Å². The minimum absolute atomic E-state index is 0.0112. The molecule has 3 aromatic carbocycles. The zero-order valence-corrected chi connectivity index (χ0v) is 24.7. The second-order valence-corrected chi connectivity index (χ2v) is 11.8. The molecule has 0 bridgehead atoms. The summed E-state index contributed by atoms with van der Waals surface area (Å²) < 4.78 is 6.38. The predicted octanol–water partition coefficient (Wildman–Crippen LogP) is 7.32. The molecule has 3 aromatic rings. The molecule has 4 atom stereocenters. The molecule has 6 nitrogen and oxygen atoms in total. The number of nitrogens with two attached hydrogens (primary N) is 1. The Kier molecular flexibility index (Phi) is 9.09. The van der Waals surface area contributed by atoms with E-state index in [2.05, 4.69) is 49.2 Å². The minimum atomic E-state index is -0.348. The lowest BCUT2D eigenvalue weighted by Gasteiger charge is -2.45. The van der Waals surface area contributed by atoms with Gasteiger partial charge in [-0.05, 0) is 73.9 Å². The molecule has 0 radical (unpaired) electrons. The molecule has 6 heteroatoms. The fourth-order valence-corrected chi connectivity index (χ4v) is 6.75. The summed E-state index contributed by atoms with van der Waals surface area (Å²) in [5.41, 5.74) is 11.8. The van der Waals surface area contributed by atoms with E-state index in [-0.39, 0.29) is 23.7 Å². The van der Waals surface area contributed by atoms with E-state index in [4.69, 9.17) is 15.9 Å². The maximum absolute atomic E-state index is 13.5. The molecule has 2 heterocycles. The number of piperidine rings is 1. The Morgan fingerprint density at radius 3 is 2.54 bits per heavy atom. The number of fused-ring (bicyclic) bond motifs is 1. The van der Waals surface area contributed by atoms with Crippen molar-refractivity contribution in [2.24, 2.45) is 5.73 Å². The van der Waals surface area contributed by atoms with Gasteiger partial charge in [-0.15, -0.1) is 0 Å². The number of hydrogen-bond acceptors (Lipinski definition) is 4. The SMILES string of the molecule is CCCCC(c1cc(OCc2ccccc2)cc2c1CC(c1cccc(C(=N)N)c1)C(=O)N2)N1C(C)CCCC1C. The number of unbranched alkanes of at least 4 members (excludes halogenated alkanes) is 1. The first-order valence-corrected chi connectivity index (χ1v) is 15.2. The van der Waals surface area contributed by atoms with Crippen molar-refractivity contribution >= 4 is 17.4 Å². The molecule has 41 heavy (non-hydrogen) atoms. The lowest BCUT2D eigenvalue weighted by molar-refractivity contribution is -0.117. The van der Waals surface area contributed by atoms with E-state index < -0.39 is 0 Å². The Bertz CT molecular complexity index is 1360. The van der Waals surface area contributed by atoms with Crippen LogP contribution < -0.4 is 15.8 Å². The van der Waals surface area contributed by atoms with Crippen LogP contribution in [0.25, 0.3) is 0 Å². The number of ether oxygens (including phenoxy) is 1. The maximum Gasteiger partial charge on any atom is 0.232 e. The van der Waals surface area contributed by atoms with Crippen LogP contribution in [0.4, 0.5) is 5.69 Å². The van der Waals surface area contributed by atoms with Crippen LogP contribution >= 0.6 is 0 Å². The average molecular weight is 553 g/mol. The number of anilines is 1. The number of carbonyl (C=O) groups is 1. The smallest absolute Gasteiger partial charge is 0.232 e. The van der Waals surface area contributed by atoms with Crippen LogP contribution in [-0.4, -0.2) is 28.7 Å². The number of likely N-dealkylation sites (tertiary alicyclic amines) is 1. The quantitative estimate of drug-likeness (QED) is 0.181. The molecule has 0 saturated carbocycles. The summed E-state index contributed by atoms with van der Waals surface area (Å²) in [7, 11) is 0. The Balaban J connectivity index is 1.58. The summed E-state index contributed by atoms with van der Waals surface area (Å²) in [5, 5.41) is 11.2. The number of carbonyl (C=O) groups excluding carboxylic acids is 1. The third kappa shape index (κ3) is 6.48. The number of nitrogens with zero attached hydrogens (tertiary/aromatic N) is 1. The van der Waals surface area contributed by atoms with E-state index in [9.17, 15) is 4.79 Å². The van der Waals surface area contributed by atoms with Crippen molar-refractivity contribution < 1.29 is 9.53 Å². The Labute approximate surface area is 244 Å². The molecule has 2 aliphatic heterocycles. The Hall–Kier alpha value is -3.64. The Morgan fingerprint density at radius 2 is 1.83 bits per heavy atom. The van der Waals surface area contributed by atoms with Gasteiger partial charge >= 0.3 is 0 Å². The number of rotatable bonds is 10. The lowest BCUT2D eigenvalue weighted by Crippen LogP contribution is -2.46. The van der Waals surface area contributed by atoms with Crippen LogP contribution in [0.3, 0.4) is 0 Å². The van der Waals surface area contributed by atoms with Gasteiger partial charge in [0.05, 0.1) is 5.92 Å². The normalized spacial score (nSPS) is 21.5. The molecule has 2 aliphatic rings. The fourth-order valence-electron chi connectivity index (χ4n) is 6.75. The van der Waals surface area contributed by atoms with E-state index in [1.807, 2.05) is 48.5 Å². The molecule has 216 valence electrons. The molecule has 0 aromatic heterocycles. The summed E-state index contributed by atoms with van der Waals surface area (Å²) in [6.45, 7) is 7.47. The van der Waals surface area contributed by atoms with Crippen LogP contribution in [0.5, 0.6) is 5.75 Å². The molecule has 1 amide bonds. The van der Waals surface area contributed by atoms with E-state index >= 15 is 0 Å². The van der Waals surface area contributed by atoms with Crippen LogP contribution in [0.1, 0.15) is 99.1 Å². The van der Waals surface area contributed by atoms with Crippen LogP contribution in [0.2, 0.25) is 0 Å². The van der Waals surface area contributed by atoms with Gasteiger partial charge < -0.3 is 15.8 Å². The van der Waals surface area contributed by atoms with E-state index in [1.165, 1.54) is 30.4 Å². The molecular formula is C35H44N4O2. The second kappa shape index (κ2) is 12.9. The molecule has 5 rings (SSSR count). The molecule has 4 unspecified atom stereocenters. The van der Waals surface area contributed by atoms with Crippen molar-refractivity contribution in [1.29, 1.82) is 5.41 Å². The van der Waals surface area contributed by atoms with Crippen LogP contribution in [0, 0.1) is 5.41 Å². The Morgan fingerprint density at radius 1 is 1.07 bits per heavy atom. The number of nitrogens with one attached hydrogen (secondary N) is 2. The molecule has 1 fully saturated rings. The van der Waals surface area contributed by atoms with E-state index in [0.29, 0.717) is 30.7 Å². The topological polar surface area (TPSA) is 91.4 Å². The third-order valence-electron chi connectivity index (χ3n) is 8.90. The van der Waals surface area contributed by atoms with Crippen molar-refractivity contribution in [3.8, 4) is 5.75 Å². The van der Waals surface area contributed by atoms with Gasteiger partial charge in [-0.25, -0.2) is 0 Å². The fraction of sp³-hybridized carbons (Fsp3) is 0.429. The molecule has 4 N–H and O–H groups in total. The van der Waals surface area contributed by atoms with Crippen molar-refractivity contribution in [2.45, 2.75) is 96.4 Å². The highest BCUT2D eigenvalue weighted by Crippen LogP contribution is 2.44. The summed E-state index contributed by atoms with van der Waals surface area (Å²) in [6.07, 6.45) is 7.63. The predicted molar refractivity (Wildman–Crippen MR) is 167 cm³/mol. The zero-order valence-electron chi connectivity index (χ0n) is 24.7. The van der Waals surface area contributed by atoms with Gasteiger partial charge in [-0.2, -0.15) is 0 Å². The first-order valence-electron chi connectivity index (χ1n) is 15.2. The summed E-state index contributed by atoms with van der Waals surface area (Å²) in [6, 6.07) is 23.3. The second-order valence-electron chi connectivity index (χ2n) is 11.8. The van der Waals surface area contributed by atoms with Crippen LogP contribution in [-0.2, 0) is 17.8 Å². The number of benzene rings is 3. The summed E-state index contributed by atoms with van der Waals surface area (Å²) in [5.74, 6) is 0.421. The number of hydrogen-bond donors (Lipinski definition) is 3. The number of amidine groups is 1. The highest BCUT2D eigenvalue weighted by Gasteiger charge is 2.36. The van der Waals surface area contributed by atoms with Gasteiger partial charge in [0.25, 0.3) is 0 Å². The molecule has 0 aliphatic carbocycles. The van der Waals surface area contributed by atoms with E-state index in [0.717, 1.165) is 41.8 Å². The monoisotopic (exact) mass is 552 g/mol. The average Bonchev–Trinajstić information content (AvgIpc) is 2.97. The van der Waals surface area contributed by atoms with Gasteiger partial charge in [0.1, 0.15) is 18.2 Å². The first kappa shape index (κ1) is 28.9. The zero-order chi connectivity index (χ0) is 28.9. The number of amides is 1. The van der Waals surface area contributed by atoms with Crippen molar-refractivity contribution in [1.82, 2.24) is 4.90 Å². The van der Waals surface area contributed by atoms with Gasteiger partial charge in [0.15, 0.2) is 0 Å². The van der Waals surface area contributed by atoms with Crippen molar-refractivity contribution in [3.63, 3.8) is 0 Å². The highest BCUT2D eigenvalue weighted by atomic mass is 16.5. The summed E-state index contributed by atoms with van der Waals surface area (Å²) in [4.78, 5) is 16.3. The van der Waals surface area contributed by atoms with Crippen molar-refractivity contribution in [3.05, 3.63) is 94.5 Å². The van der Waals surface area contributed by atoms with Crippen LogP contribution in [0.15, 0.2) is 66.7 Å². The molecular weight excluding hydrogens is 508 g/mol. The largest absolute Gasteiger partial charge is 0.489 e. The van der Waals surface area contributed by atoms with Crippen molar-refractivity contribution in [2.75, 3.05) is 5.32 Å². The van der Waals surface area contributed by atoms with Gasteiger partial charge in [0.2, 0.25) is 5.91 Å². The minimum Gasteiger partial charge on any atom is -0.489 e. The van der Waals surface area contributed by atoms with Gasteiger partial charge in [-0.1, -0.05) is 74.7 Å². The maximum atomic E-state index is 13.5. The first-order chi connectivity index (χ1) is 19.9. The van der Waals surface area contributed by atoms with E-state index in [1.54, 1.807) is 0 Å². The summed E-state index contributed by atoms with van der Waals surface area (Å²) >= 11 is 0. The standard InChI is InChI=1S/C35H44N4O2/c1-4-5-17-33(39-23(2)11-9-12-24(39)3)31-19-28(41-22-25-13-7-6-8-14-25)20-32-30(31)21-29(35(40)38-32)26-15-10-16-27(18-26)34(36)37/h6-8,10,13-16,18-20,23-24,29,33H,4-5,9,11-12,17,21-22H2,1-3H3,(H3,36,37)(H,38,40). The molecule has 0 spiro atoms.